The van der Waals surface area contributed by atoms with Crippen LogP contribution in [-0.2, 0) is 16.4 Å². The lowest BCUT2D eigenvalue weighted by molar-refractivity contribution is 0.346. The standard InChI is InChI=1S/C13H20N2O2S/c14-9-8-12-4-6-13(7-5-12)18(16,17)15-10-2-1-3-11-15/h4-7H,1-3,8-11,14H2. The molecule has 1 aliphatic rings. The monoisotopic (exact) mass is 268 g/mol. The largest absolute Gasteiger partial charge is 0.330 e. The lowest BCUT2D eigenvalue weighted by Gasteiger charge is -2.25. The zero-order valence-corrected chi connectivity index (χ0v) is 11.3. The van der Waals surface area contributed by atoms with Gasteiger partial charge in [0.15, 0.2) is 0 Å². The quantitative estimate of drug-likeness (QED) is 0.897. The molecule has 0 aliphatic carbocycles. The average Bonchev–Trinajstić information content (AvgIpc) is 2.41. The van der Waals surface area contributed by atoms with E-state index in [1.807, 2.05) is 12.1 Å². The SMILES string of the molecule is NCCc1ccc(S(=O)(=O)N2CCCCC2)cc1. The summed E-state index contributed by atoms with van der Waals surface area (Å²) in [5.74, 6) is 0. The molecule has 1 aromatic carbocycles. The number of nitrogens with two attached hydrogens (primary N) is 1. The molecule has 2 rings (SSSR count). The Hall–Kier alpha value is -0.910. The number of rotatable bonds is 4. The highest BCUT2D eigenvalue weighted by atomic mass is 32.2. The summed E-state index contributed by atoms with van der Waals surface area (Å²) in [6.07, 6.45) is 3.83. The molecule has 18 heavy (non-hydrogen) atoms. The smallest absolute Gasteiger partial charge is 0.243 e. The van der Waals surface area contributed by atoms with Gasteiger partial charge in [0.05, 0.1) is 4.90 Å². The first-order chi connectivity index (χ1) is 8.64. The minimum Gasteiger partial charge on any atom is -0.330 e. The van der Waals surface area contributed by atoms with E-state index in [9.17, 15) is 8.42 Å². The number of sulfonamides is 1. The molecule has 0 saturated carbocycles. The zero-order chi connectivity index (χ0) is 13.0. The summed E-state index contributed by atoms with van der Waals surface area (Å²) in [7, 11) is -3.29. The maximum absolute atomic E-state index is 12.4. The minimum atomic E-state index is -3.29. The number of benzene rings is 1. The van der Waals surface area contributed by atoms with Crippen LogP contribution in [0.4, 0.5) is 0 Å². The van der Waals surface area contributed by atoms with E-state index in [-0.39, 0.29) is 0 Å². The summed E-state index contributed by atoms with van der Waals surface area (Å²) in [4.78, 5) is 0.394. The molecular formula is C13H20N2O2S. The predicted octanol–water partition coefficient (Wildman–Crippen LogP) is 1.36. The van der Waals surface area contributed by atoms with E-state index in [2.05, 4.69) is 0 Å². The summed E-state index contributed by atoms with van der Waals surface area (Å²) in [6.45, 7) is 1.87. The summed E-state index contributed by atoms with van der Waals surface area (Å²) in [6, 6.07) is 7.08. The Bertz CT molecular complexity index is 476. The van der Waals surface area contributed by atoms with Crippen LogP contribution < -0.4 is 5.73 Å². The second-order valence-electron chi connectivity index (χ2n) is 4.65. The second-order valence-corrected chi connectivity index (χ2v) is 6.59. The third-order valence-electron chi connectivity index (χ3n) is 3.31. The van der Waals surface area contributed by atoms with Crippen molar-refractivity contribution in [3.8, 4) is 0 Å². The van der Waals surface area contributed by atoms with Gasteiger partial charge in [-0.2, -0.15) is 4.31 Å². The molecule has 4 nitrogen and oxygen atoms in total. The normalized spacial score (nSPS) is 17.8. The molecule has 0 aromatic heterocycles. The summed E-state index contributed by atoms with van der Waals surface area (Å²) < 4.78 is 26.3. The van der Waals surface area contributed by atoms with Gasteiger partial charge in [0, 0.05) is 13.1 Å². The fourth-order valence-electron chi connectivity index (χ4n) is 2.25. The highest BCUT2D eigenvalue weighted by Crippen LogP contribution is 2.20. The number of piperidine rings is 1. The van der Waals surface area contributed by atoms with Crippen molar-refractivity contribution in [1.82, 2.24) is 4.31 Å². The topological polar surface area (TPSA) is 63.4 Å². The van der Waals surface area contributed by atoms with E-state index in [1.54, 1.807) is 16.4 Å². The lowest BCUT2D eigenvalue weighted by atomic mass is 10.2. The van der Waals surface area contributed by atoms with E-state index in [1.165, 1.54) is 0 Å². The van der Waals surface area contributed by atoms with Gasteiger partial charge < -0.3 is 5.73 Å². The van der Waals surface area contributed by atoms with Crippen LogP contribution in [0.15, 0.2) is 29.2 Å². The van der Waals surface area contributed by atoms with Crippen molar-refractivity contribution in [3.63, 3.8) is 0 Å². The third-order valence-corrected chi connectivity index (χ3v) is 5.22. The van der Waals surface area contributed by atoms with Crippen molar-refractivity contribution in [2.24, 2.45) is 5.73 Å². The van der Waals surface area contributed by atoms with Crippen LogP contribution in [-0.4, -0.2) is 32.4 Å². The molecule has 1 fully saturated rings. The highest BCUT2D eigenvalue weighted by molar-refractivity contribution is 7.89. The third kappa shape index (κ3) is 2.91. The fourth-order valence-corrected chi connectivity index (χ4v) is 3.77. The second kappa shape index (κ2) is 5.82. The fraction of sp³-hybridized carbons (Fsp3) is 0.538. The van der Waals surface area contributed by atoms with Crippen molar-refractivity contribution >= 4 is 10.0 Å². The first-order valence-electron chi connectivity index (χ1n) is 6.44. The summed E-state index contributed by atoms with van der Waals surface area (Å²) in [5.41, 5.74) is 6.55. The predicted molar refractivity (Wildman–Crippen MR) is 71.8 cm³/mol. The van der Waals surface area contributed by atoms with Crippen molar-refractivity contribution in [2.75, 3.05) is 19.6 Å². The van der Waals surface area contributed by atoms with E-state index in [0.717, 1.165) is 31.2 Å². The van der Waals surface area contributed by atoms with Crippen LogP contribution in [0.5, 0.6) is 0 Å². The molecule has 5 heteroatoms. The molecule has 0 spiro atoms. The van der Waals surface area contributed by atoms with Gasteiger partial charge >= 0.3 is 0 Å². The molecule has 0 bridgehead atoms. The lowest BCUT2D eigenvalue weighted by Crippen LogP contribution is -2.35. The first-order valence-corrected chi connectivity index (χ1v) is 7.88. The first kappa shape index (κ1) is 13.5. The Morgan fingerprint density at radius 2 is 1.67 bits per heavy atom. The Balaban J connectivity index is 2.18. The molecule has 0 unspecified atom stereocenters. The maximum Gasteiger partial charge on any atom is 0.243 e. The van der Waals surface area contributed by atoms with Gasteiger partial charge in [-0.3, -0.25) is 0 Å². The van der Waals surface area contributed by atoms with Crippen LogP contribution in [0, 0.1) is 0 Å². The minimum absolute atomic E-state index is 0.394. The zero-order valence-electron chi connectivity index (χ0n) is 10.5. The van der Waals surface area contributed by atoms with Crippen molar-refractivity contribution < 1.29 is 8.42 Å². The van der Waals surface area contributed by atoms with Crippen LogP contribution in [0.3, 0.4) is 0 Å². The van der Waals surface area contributed by atoms with E-state index in [4.69, 9.17) is 5.73 Å². The molecular weight excluding hydrogens is 248 g/mol. The van der Waals surface area contributed by atoms with E-state index >= 15 is 0 Å². The average molecular weight is 268 g/mol. The Morgan fingerprint density at radius 1 is 1.06 bits per heavy atom. The Kier molecular flexibility index (Phi) is 4.37. The maximum atomic E-state index is 12.4. The van der Waals surface area contributed by atoms with Crippen LogP contribution in [0.1, 0.15) is 24.8 Å². The van der Waals surface area contributed by atoms with Gasteiger partial charge in [-0.1, -0.05) is 18.6 Å². The van der Waals surface area contributed by atoms with Gasteiger partial charge in [0.2, 0.25) is 10.0 Å². The van der Waals surface area contributed by atoms with Gasteiger partial charge in [-0.15, -0.1) is 0 Å². The molecule has 0 atom stereocenters. The van der Waals surface area contributed by atoms with Gasteiger partial charge in [0.1, 0.15) is 0 Å². The Morgan fingerprint density at radius 3 is 2.22 bits per heavy atom. The van der Waals surface area contributed by atoms with Crippen molar-refractivity contribution in [3.05, 3.63) is 29.8 Å². The summed E-state index contributed by atoms with van der Waals surface area (Å²) in [5, 5.41) is 0. The molecule has 1 aromatic rings. The van der Waals surface area contributed by atoms with Crippen LogP contribution in [0.2, 0.25) is 0 Å². The molecule has 2 N–H and O–H groups in total. The molecule has 1 saturated heterocycles. The molecule has 100 valence electrons. The van der Waals surface area contributed by atoms with Gasteiger partial charge in [-0.25, -0.2) is 8.42 Å². The van der Waals surface area contributed by atoms with Gasteiger partial charge in [0.25, 0.3) is 0 Å². The van der Waals surface area contributed by atoms with E-state index < -0.39 is 10.0 Å². The number of hydrogen-bond donors (Lipinski definition) is 1. The van der Waals surface area contributed by atoms with Crippen LogP contribution >= 0.6 is 0 Å². The molecule has 0 amide bonds. The number of hydrogen-bond acceptors (Lipinski definition) is 3. The molecule has 1 aliphatic heterocycles. The van der Waals surface area contributed by atoms with Gasteiger partial charge in [-0.05, 0) is 43.5 Å². The number of nitrogens with zero attached hydrogens (tertiary/aromatic N) is 1. The molecule has 0 radical (unpaired) electrons. The van der Waals surface area contributed by atoms with Crippen molar-refractivity contribution in [1.29, 1.82) is 0 Å². The summed E-state index contributed by atoms with van der Waals surface area (Å²) >= 11 is 0. The molecule has 1 heterocycles. The van der Waals surface area contributed by atoms with E-state index in [0.29, 0.717) is 24.5 Å². The highest BCUT2D eigenvalue weighted by Gasteiger charge is 2.25. The van der Waals surface area contributed by atoms with Crippen LogP contribution in [0.25, 0.3) is 0 Å². The van der Waals surface area contributed by atoms with Crippen molar-refractivity contribution in [2.45, 2.75) is 30.6 Å². The Labute approximate surface area is 109 Å².